The molecule has 0 heterocycles. The van der Waals surface area contributed by atoms with Crippen molar-refractivity contribution >= 4 is 8.97 Å². The average molecular weight is 280 g/mol. The molecule has 0 amide bonds. The highest BCUT2D eigenvalue weighted by Gasteiger charge is 2.39. The van der Waals surface area contributed by atoms with Gasteiger partial charge in [0.05, 0.1) is 0 Å². The van der Waals surface area contributed by atoms with E-state index in [9.17, 15) is 0 Å². The van der Waals surface area contributed by atoms with Crippen LogP contribution in [-0.4, -0.2) is 62.5 Å². The zero-order valence-corrected chi connectivity index (χ0v) is 12.5. The molecule has 8 heteroatoms. The fourth-order valence-electron chi connectivity index (χ4n) is 1.38. The summed E-state index contributed by atoms with van der Waals surface area (Å²) in [6.45, 7) is 4.21. The van der Waals surface area contributed by atoms with Crippen molar-refractivity contribution < 1.29 is 13.3 Å². The standard InChI is InChI=1S/C10H28N4O3Si/c1-15-18(16-2,17-10-4-3-5-11)14-9-8-13-7-6-12/h13-14H,3-12H2,1-2H3. The lowest BCUT2D eigenvalue weighted by atomic mass is 10.3. The lowest BCUT2D eigenvalue weighted by molar-refractivity contribution is 0.0848. The molecule has 0 fully saturated rings. The summed E-state index contributed by atoms with van der Waals surface area (Å²) in [7, 11) is 0.477. The van der Waals surface area contributed by atoms with Gasteiger partial charge in [-0.15, -0.1) is 0 Å². The molecule has 6 N–H and O–H groups in total. The fourth-order valence-corrected chi connectivity index (χ4v) is 3.02. The first-order chi connectivity index (χ1) is 8.74. The number of nitrogens with one attached hydrogen (secondary N) is 2. The van der Waals surface area contributed by atoms with E-state index in [1.807, 2.05) is 0 Å². The van der Waals surface area contributed by atoms with Crippen LogP contribution in [0.25, 0.3) is 0 Å². The van der Waals surface area contributed by atoms with E-state index < -0.39 is 8.97 Å². The zero-order chi connectivity index (χ0) is 13.7. The summed E-state index contributed by atoms with van der Waals surface area (Å²) in [5.41, 5.74) is 10.8. The Bertz CT molecular complexity index is 185. The minimum absolute atomic E-state index is 0.592. The zero-order valence-electron chi connectivity index (χ0n) is 11.5. The Morgan fingerprint density at radius 2 is 1.67 bits per heavy atom. The first-order valence-corrected chi connectivity index (χ1v) is 8.07. The van der Waals surface area contributed by atoms with E-state index in [4.69, 9.17) is 24.7 Å². The van der Waals surface area contributed by atoms with Gasteiger partial charge in [0.2, 0.25) is 0 Å². The normalized spacial score (nSPS) is 12.0. The van der Waals surface area contributed by atoms with Crippen molar-refractivity contribution in [2.24, 2.45) is 11.5 Å². The summed E-state index contributed by atoms with van der Waals surface area (Å²) in [6.07, 6.45) is 1.85. The third-order valence-corrected chi connectivity index (χ3v) is 4.73. The summed E-state index contributed by atoms with van der Waals surface area (Å²) in [5, 5.41) is 3.18. The van der Waals surface area contributed by atoms with Crippen LogP contribution in [0.5, 0.6) is 0 Å². The molecule has 0 aliphatic heterocycles. The molecule has 110 valence electrons. The van der Waals surface area contributed by atoms with Crippen LogP contribution in [0.4, 0.5) is 0 Å². The molecular weight excluding hydrogens is 252 g/mol. The van der Waals surface area contributed by atoms with E-state index in [1.54, 1.807) is 14.2 Å². The average Bonchev–Trinajstić information content (AvgIpc) is 2.41. The van der Waals surface area contributed by atoms with Gasteiger partial charge in [0.15, 0.2) is 0 Å². The molecule has 7 nitrogen and oxygen atoms in total. The highest BCUT2D eigenvalue weighted by Crippen LogP contribution is 2.04. The van der Waals surface area contributed by atoms with Crippen molar-refractivity contribution in [1.82, 2.24) is 10.3 Å². The first kappa shape index (κ1) is 17.9. The highest BCUT2D eigenvalue weighted by molar-refractivity contribution is 6.57. The molecule has 18 heavy (non-hydrogen) atoms. The van der Waals surface area contributed by atoms with E-state index in [2.05, 4.69) is 10.3 Å². The second kappa shape index (κ2) is 12.0. The quantitative estimate of drug-likeness (QED) is 0.243. The molecule has 0 spiro atoms. The molecule has 0 saturated heterocycles. The summed E-state index contributed by atoms with van der Waals surface area (Å²) in [6, 6.07) is 0. The second-order valence-corrected chi connectivity index (χ2v) is 6.35. The van der Waals surface area contributed by atoms with Gasteiger partial charge < -0.3 is 30.1 Å². The Morgan fingerprint density at radius 1 is 0.944 bits per heavy atom. The van der Waals surface area contributed by atoms with Crippen molar-refractivity contribution in [2.75, 3.05) is 53.6 Å². The number of unbranched alkanes of at least 4 members (excludes halogenated alkanes) is 1. The molecule has 0 saturated carbocycles. The van der Waals surface area contributed by atoms with Crippen LogP contribution in [-0.2, 0) is 13.3 Å². The first-order valence-electron chi connectivity index (χ1n) is 6.34. The smallest absolute Gasteiger partial charge is 0.364 e. The maximum atomic E-state index is 5.71. The molecule has 0 aromatic heterocycles. The van der Waals surface area contributed by atoms with Gasteiger partial charge in [0.1, 0.15) is 0 Å². The number of hydrogen-bond donors (Lipinski definition) is 4. The predicted molar refractivity (Wildman–Crippen MR) is 73.9 cm³/mol. The molecule has 0 aromatic carbocycles. The van der Waals surface area contributed by atoms with Crippen molar-refractivity contribution in [2.45, 2.75) is 12.8 Å². The maximum absolute atomic E-state index is 5.71. The van der Waals surface area contributed by atoms with Gasteiger partial charge in [0.25, 0.3) is 0 Å². The summed E-state index contributed by atoms with van der Waals surface area (Å²) < 4.78 is 16.5. The lowest BCUT2D eigenvalue weighted by Gasteiger charge is -2.26. The van der Waals surface area contributed by atoms with Crippen molar-refractivity contribution in [3.8, 4) is 0 Å². The molecule has 0 unspecified atom stereocenters. The molecule has 0 atom stereocenters. The second-order valence-electron chi connectivity index (χ2n) is 3.77. The fraction of sp³-hybridized carbons (Fsp3) is 1.00. The SMILES string of the molecule is CO[Si](NCCNCCN)(OC)OCCCCN. The van der Waals surface area contributed by atoms with Crippen LogP contribution in [0.15, 0.2) is 0 Å². The van der Waals surface area contributed by atoms with Gasteiger partial charge in [-0.25, -0.2) is 0 Å². The molecular formula is C10H28N4O3Si. The molecule has 0 radical (unpaired) electrons. The largest absolute Gasteiger partial charge is 0.596 e. The van der Waals surface area contributed by atoms with Gasteiger partial charge in [-0.1, -0.05) is 0 Å². The Labute approximate surface area is 111 Å². The van der Waals surface area contributed by atoms with E-state index in [-0.39, 0.29) is 0 Å². The number of hydrogen-bond acceptors (Lipinski definition) is 7. The van der Waals surface area contributed by atoms with Crippen LogP contribution in [0, 0.1) is 0 Å². The van der Waals surface area contributed by atoms with E-state index in [0.717, 1.165) is 25.9 Å². The lowest BCUT2D eigenvalue weighted by Crippen LogP contribution is -2.59. The molecule has 0 rings (SSSR count). The summed E-state index contributed by atoms with van der Waals surface area (Å²) in [5.74, 6) is 0. The third kappa shape index (κ3) is 8.11. The molecule has 0 aromatic rings. The minimum atomic E-state index is -2.72. The Balaban J connectivity index is 3.85. The van der Waals surface area contributed by atoms with E-state index in [1.165, 1.54) is 0 Å². The van der Waals surface area contributed by atoms with Crippen molar-refractivity contribution in [1.29, 1.82) is 0 Å². The summed E-state index contributed by atoms with van der Waals surface area (Å²) >= 11 is 0. The van der Waals surface area contributed by atoms with Crippen LogP contribution in [0.3, 0.4) is 0 Å². The number of nitrogens with two attached hydrogens (primary N) is 2. The minimum Gasteiger partial charge on any atom is -0.364 e. The van der Waals surface area contributed by atoms with Crippen molar-refractivity contribution in [3.05, 3.63) is 0 Å². The van der Waals surface area contributed by atoms with Crippen LogP contribution in [0.1, 0.15) is 12.8 Å². The Kier molecular flexibility index (Phi) is 12.0. The molecule has 0 aliphatic rings. The predicted octanol–water partition coefficient (Wildman–Crippen LogP) is -1.39. The van der Waals surface area contributed by atoms with Gasteiger partial charge >= 0.3 is 8.97 Å². The molecule has 0 aliphatic carbocycles. The van der Waals surface area contributed by atoms with Crippen molar-refractivity contribution in [3.63, 3.8) is 0 Å². The van der Waals surface area contributed by atoms with Crippen LogP contribution in [0.2, 0.25) is 0 Å². The third-order valence-electron chi connectivity index (χ3n) is 2.39. The topological polar surface area (TPSA) is 104 Å². The maximum Gasteiger partial charge on any atom is 0.596 e. The van der Waals surface area contributed by atoms with E-state index in [0.29, 0.717) is 26.2 Å². The number of rotatable bonds is 13. The summed E-state index contributed by atoms with van der Waals surface area (Å²) in [4.78, 5) is 3.21. The van der Waals surface area contributed by atoms with Crippen LogP contribution < -0.4 is 21.8 Å². The van der Waals surface area contributed by atoms with E-state index >= 15 is 0 Å². The highest BCUT2D eigenvalue weighted by atomic mass is 28.4. The molecule has 0 bridgehead atoms. The van der Waals surface area contributed by atoms with Crippen LogP contribution >= 0.6 is 0 Å². The van der Waals surface area contributed by atoms with Gasteiger partial charge in [0, 0.05) is 47.0 Å². The Hall–Kier alpha value is -0.0631. The van der Waals surface area contributed by atoms with Gasteiger partial charge in [-0.2, -0.15) is 0 Å². The van der Waals surface area contributed by atoms with Gasteiger partial charge in [-0.05, 0) is 19.4 Å². The van der Waals surface area contributed by atoms with Gasteiger partial charge in [-0.3, -0.25) is 4.98 Å². The Morgan fingerprint density at radius 3 is 2.22 bits per heavy atom. The monoisotopic (exact) mass is 280 g/mol.